The van der Waals surface area contributed by atoms with Crippen molar-refractivity contribution in [2.45, 2.75) is 6.54 Å². The lowest BCUT2D eigenvalue weighted by Crippen LogP contribution is -2.32. The maximum atomic E-state index is 13.2. The molecule has 6 nitrogen and oxygen atoms in total. The predicted molar refractivity (Wildman–Crippen MR) is 122 cm³/mol. The predicted octanol–water partition coefficient (Wildman–Crippen LogP) is 4.09. The van der Waals surface area contributed by atoms with Crippen LogP contribution in [-0.2, 0) is 11.1 Å². The van der Waals surface area contributed by atoms with Gasteiger partial charge in [-0.15, -0.1) is 0 Å². The largest absolute Gasteiger partial charge is 0.495 e. The van der Waals surface area contributed by atoms with Crippen LogP contribution < -0.4 is 14.8 Å². The monoisotopic (exact) mass is 436 g/mol. The summed E-state index contributed by atoms with van der Waals surface area (Å²) in [5, 5.41) is 1.11. The standard InChI is InChI=1S/C24H25N2O4P/c1-28-20-7-10-22(25-15-20)18-6-11-23-19(14-18)16-26(12-13-30-23)24(27)17-4-8-21(9-5-17)31(3)29-2/h4-11,14-15H,12-13,16H2,1-3H3. The third-order valence-electron chi connectivity index (χ3n) is 5.35. The van der Waals surface area contributed by atoms with Crippen molar-refractivity contribution in [1.82, 2.24) is 9.88 Å². The van der Waals surface area contributed by atoms with Gasteiger partial charge in [0.1, 0.15) is 18.1 Å². The molecule has 3 aromatic rings. The summed E-state index contributed by atoms with van der Waals surface area (Å²) >= 11 is 0. The summed E-state index contributed by atoms with van der Waals surface area (Å²) in [5.74, 6) is 1.51. The van der Waals surface area contributed by atoms with Gasteiger partial charge in [0, 0.05) is 35.6 Å². The van der Waals surface area contributed by atoms with E-state index < -0.39 is 8.15 Å². The fourth-order valence-electron chi connectivity index (χ4n) is 3.50. The van der Waals surface area contributed by atoms with Crippen LogP contribution in [0.15, 0.2) is 60.8 Å². The Labute approximate surface area is 183 Å². The molecule has 1 aliphatic heterocycles. The number of rotatable bonds is 5. The minimum Gasteiger partial charge on any atom is -0.495 e. The van der Waals surface area contributed by atoms with Gasteiger partial charge in [-0.3, -0.25) is 9.78 Å². The molecule has 4 rings (SSSR count). The number of amides is 1. The Kier molecular flexibility index (Phi) is 6.50. The van der Waals surface area contributed by atoms with Crippen LogP contribution in [0.25, 0.3) is 11.3 Å². The van der Waals surface area contributed by atoms with E-state index in [1.807, 2.05) is 66.2 Å². The minimum atomic E-state index is -0.646. The third-order valence-corrected chi connectivity index (χ3v) is 6.92. The number of ether oxygens (including phenoxy) is 2. The van der Waals surface area contributed by atoms with Gasteiger partial charge in [0.05, 0.1) is 33.7 Å². The molecular formula is C24H25N2O4P. The highest BCUT2D eigenvalue weighted by molar-refractivity contribution is 7.60. The van der Waals surface area contributed by atoms with Gasteiger partial charge in [-0.1, -0.05) is 12.1 Å². The van der Waals surface area contributed by atoms with Gasteiger partial charge in [0.15, 0.2) is 0 Å². The van der Waals surface area contributed by atoms with E-state index in [4.69, 9.17) is 14.0 Å². The molecule has 0 bridgehead atoms. The number of hydrogen-bond donors (Lipinski definition) is 0. The summed E-state index contributed by atoms with van der Waals surface area (Å²) in [4.78, 5) is 19.5. The van der Waals surface area contributed by atoms with Crippen LogP contribution in [0.5, 0.6) is 11.5 Å². The highest BCUT2D eigenvalue weighted by Crippen LogP contribution is 2.31. The lowest BCUT2D eigenvalue weighted by molar-refractivity contribution is 0.0733. The highest BCUT2D eigenvalue weighted by Gasteiger charge is 2.22. The Morgan fingerprint density at radius 3 is 2.58 bits per heavy atom. The second-order valence-electron chi connectivity index (χ2n) is 7.21. The first-order chi connectivity index (χ1) is 15.1. The van der Waals surface area contributed by atoms with Crippen molar-refractivity contribution in [2.75, 3.05) is 34.0 Å². The molecule has 2 heterocycles. The van der Waals surface area contributed by atoms with Crippen molar-refractivity contribution >= 4 is 19.4 Å². The Hall–Kier alpha value is -2.95. The van der Waals surface area contributed by atoms with Crippen molar-refractivity contribution in [3.63, 3.8) is 0 Å². The number of methoxy groups -OCH3 is 1. The molecule has 0 fully saturated rings. The topological polar surface area (TPSA) is 60.9 Å². The Bertz CT molecular complexity index is 1050. The van der Waals surface area contributed by atoms with Crippen LogP contribution >= 0.6 is 8.15 Å². The molecule has 31 heavy (non-hydrogen) atoms. The van der Waals surface area contributed by atoms with Crippen LogP contribution in [0.3, 0.4) is 0 Å². The Morgan fingerprint density at radius 2 is 1.90 bits per heavy atom. The summed E-state index contributed by atoms with van der Waals surface area (Å²) in [7, 11) is 2.68. The Balaban J connectivity index is 1.56. The smallest absolute Gasteiger partial charge is 0.254 e. The van der Waals surface area contributed by atoms with E-state index in [1.165, 1.54) is 0 Å². The van der Waals surface area contributed by atoms with Gasteiger partial charge in [-0.25, -0.2) is 0 Å². The van der Waals surface area contributed by atoms with Crippen LogP contribution in [0.1, 0.15) is 15.9 Å². The molecule has 1 atom stereocenters. The van der Waals surface area contributed by atoms with Gasteiger partial charge in [0.25, 0.3) is 5.91 Å². The van der Waals surface area contributed by atoms with Crippen LogP contribution in [0.2, 0.25) is 0 Å². The first kappa shape index (κ1) is 21.3. The zero-order chi connectivity index (χ0) is 21.8. The molecule has 0 saturated heterocycles. The molecule has 0 aliphatic carbocycles. The number of aromatic nitrogens is 1. The van der Waals surface area contributed by atoms with E-state index >= 15 is 0 Å². The summed E-state index contributed by atoms with van der Waals surface area (Å²) in [6.07, 6.45) is 1.70. The summed E-state index contributed by atoms with van der Waals surface area (Å²) < 4.78 is 16.5. The van der Waals surface area contributed by atoms with E-state index in [-0.39, 0.29) is 5.91 Å². The average molecular weight is 436 g/mol. The van der Waals surface area contributed by atoms with E-state index in [0.717, 1.165) is 27.9 Å². The number of pyridine rings is 1. The van der Waals surface area contributed by atoms with E-state index in [9.17, 15) is 4.79 Å². The van der Waals surface area contributed by atoms with Crippen LogP contribution in [0.4, 0.5) is 0 Å². The van der Waals surface area contributed by atoms with Gasteiger partial charge in [-0.2, -0.15) is 0 Å². The molecule has 1 amide bonds. The zero-order valence-corrected chi connectivity index (χ0v) is 18.8. The first-order valence-corrected chi connectivity index (χ1v) is 11.7. The maximum Gasteiger partial charge on any atom is 0.254 e. The molecule has 2 aromatic carbocycles. The molecule has 0 saturated carbocycles. The molecule has 1 unspecified atom stereocenters. The average Bonchev–Trinajstić information content (AvgIpc) is 3.05. The third kappa shape index (κ3) is 4.71. The molecular weight excluding hydrogens is 411 g/mol. The van der Waals surface area contributed by atoms with Crippen molar-refractivity contribution in [2.24, 2.45) is 0 Å². The normalized spacial score (nSPS) is 14.2. The van der Waals surface area contributed by atoms with E-state index in [2.05, 4.69) is 4.98 Å². The molecule has 0 radical (unpaired) electrons. The summed E-state index contributed by atoms with van der Waals surface area (Å²) in [6.45, 7) is 3.52. The van der Waals surface area contributed by atoms with E-state index in [0.29, 0.717) is 31.0 Å². The number of fused-ring (bicyclic) bond motifs is 1. The maximum absolute atomic E-state index is 13.2. The number of nitrogens with zero attached hydrogens (tertiary/aromatic N) is 2. The molecule has 7 heteroatoms. The summed E-state index contributed by atoms with van der Waals surface area (Å²) in [6, 6.07) is 17.5. The van der Waals surface area contributed by atoms with Crippen LogP contribution in [0, 0.1) is 0 Å². The highest BCUT2D eigenvalue weighted by atomic mass is 31.1. The van der Waals surface area contributed by atoms with Gasteiger partial charge >= 0.3 is 0 Å². The molecule has 160 valence electrons. The van der Waals surface area contributed by atoms with Gasteiger partial charge in [0.2, 0.25) is 0 Å². The minimum absolute atomic E-state index is 0.00572. The molecule has 0 N–H and O–H groups in total. The van der Waals surface area contributed by atoms with Gasteiger partial charge in [-0.05, 0) is 49.1 Å². The SMILES string of the molecule is COc1ccc(-c2ccc3c(c2)CN(C(=O)c2ccc(P(C)OC)cc2)CCO3)nc1. The number of benzene rings is 2. The molecule has 1 aliphatic rings. The molecule has 0 spiro atoms. The van der Waals surface area contributed by atoms with Crippen molar-refractivity contribution in [1.29, 1.82) is 0 Å². The van der Waals surface area contributed by atoms with Crippen molar-refractivity contribution in [3.05, 3.63) is 71.9 Å². The molecule has 1 aromatic heterocycles. The van der Waals surface area contributed by atoms with Crippen LogP contribution in [-0.4, -0.2) is 49.8 Å². The summed E-state index contributed by atoms with van der Waals surface area (Å²) in [5.41, 5.74) is 3.45. The second-order valence-corrected chi connectivity index (χ2v) is 9.08. The quantitative estimate of drug-likeness (QED) is 0.564. The fourth-order valence-corrected chi connectivity index (χ4v) is 4.28. The lowest BCUT2D eigenvalue weighted by atomic mass is 10.1. The number of hydrogen-bond acceptors (Lipinski definition) is 5. The Morgan fingerprint density at radius 1 is 1.10 bits per heavy atom. The first-order valence-electron chi connectivity index (χ1n) is 10.0. The van der Waals surface area contributed by atoms with Crippen molar-refractivity contribution < 1.29 is 18.8 Å². The fraction of sp³-hybridized carbons (Fsp3) is 0.250. The zero-order valence-electron chi connectivity index (χ0n) is 17.9. The second kappa shape index (κ2) is 9.46. The van der Waals surface area contributed by atoms with E-state index in [1.54, 1.807) is 20.4 Å². The number of carbonyl (C=O) groups excluding carboxylic acids is 1. The lowest BCUT2D eigenvalue weighted by Gasteiger charge is -2.20. The van der Waals surface area contributed by atoms with Crippen molar-refractivity contribution in [3.8, 4) is 22.8 Å². The number of carbonyl (C=O) groups is 1. The van der Waals surface area contributed by atoms with Gasteiger partial charge < -0.3 is 18.9 Å².